The minimum Gasteiger partial charge on any atom is -0.277 e. The second kappa shape index (κ2) is 15.1. The first-order valence-corrected chi connectivity index (χ1v) is 21.1. The Morgan fingerprint density at radius 3 is 1.25 bits per heavy atom. The highest BCUT2D eigenvalue weighted by Crippen LogP contribution is 2.39. The molecule has 0 amide bonds. The molecular weight excluding hydrogens is 769 g/mol. The third-order valence-electron chi connectivity index (χ3n) is 11.9. The zero-order valence-electron chi connectivity index (χ0n) is 34.0. The highest BCUT2D eigenvalue weighted by Gasteiger charge is 2.21. The highest BCUT2D eigenvalue weighted by molar-refractivity contribution is 6.06. The molecule has 0 radical (unpaired) electrons. The first kappa shape index (κ1) is 36.3. The molecule has 0 bridgehead atoms. The van der Waals surface area contributed by atoms with Crippen LogP contribution in [0.2, 0.25) is 0 Å². The van der Waals surface area contributed by atoms with Crippen LogP contribution in [0.1, 0.15) is 0 Å². The number of rotatable bonds is 7. The van der Waals surface area contributed by atoms with Crippen LogP contribution >= 0.6 is 0 Å². The Morgan fingerprint density at radius 1 is 0.254 bits per heavy atom. The van der Waals surface area contributed by atoms with E-state index in [2.05, 4.69) is 205 Å². The zero-order valence-corrected chi connectivity index (χ0v) is 34.0. The van der Waals surface area contributed by atoms with Gasteiger partial charge in [0.05, 0.1) is 5.69 Å². The van der Waals surface area contributed by atoms with Crippen LogP contribution in [0.3, 0.4) is 0 Å². The molecule has 0 fully saturated rings. The van der Waals surface area contributed by atoms with Gasteiger partial charge in [-0.1, -0.05) is 218 Å². The first-order chi connectivity index (χ1) is 31.2. The molecule has 0 aliphatic heterocycles. The van der Waals surface area contributed by atoms with Gasteiger partial charge in [-0.05, 0) is 38.2 Å². The molecule has 9 aromatic carbocycles. The summed E-state index contributed by atoms with van der Waals surface area (Å²) in [6.07, 6.45) is 0. The van der Waals surface area contributed by atoms with Crippen molar-refractivity contribution in [2.45, 2.75) is 0 Å². The van der Waals surface area contributed by atoms with Crippen LogP contribution in [0, 0.1) is 0 Å². The molecular formula is C57H36N6. The summed E-state index contributed by atoms with van der Waals surface area (Å²) in [7, 11) is 0. The van der Waals surface area contributed by atoms with Crippen LogP contribution in [0.15, 0.2) is 218 Å². The molecule has 0 aliphatic carbocycles. The van der Waals surface area contributed by atoms with E-state index in [0.717, 1.165) is 94.0 Å². The Balaban J connectivity index is 0.959. The molecule has 0 N–H and O–H groups in total. The van der Waals surface area contributed by atoms with E-state index in [1.54, 1.807) is 0 Å². The maximum Gasteiger partial charge on any atom is 0.164 e. The van der Waals surface area contributed by atoms with Gasteiger partial charge >= 0.3 is 0 Å². The van der Waals surface area contributed by atoms with Gasteiger partial charge in [-0.15, -0.1) is 0 Å². The van der Waals surface area contributed by atoms with Crippen LogP contribution < -0.4 is 0 Å². The van der Waals surface area contributed by atoms with E-state index >= 15 is 0 Å². The average molecular weight is 805 g/mol. The Bertz CT molecular complexity index is 3550. The van der Waals surface area contributed by atoms with E-state index in [-0.39, 0.29) is 0 Å². The molecule has 0 aliphatic rings. The summed E-state index contributed by atoms with van der Waals surface area (Å²) in [5.41, 5.74) is 10.0. The Hall–Kier alpha value is -8.61. The summed E-state index contributed by atoms with van der Waals surface area (Å²) in [5, 5.41) is 6.69. The summed E-state index contributed by atoms with van der Waals surface area (Å²) < 4.78 is 2.23. The van der Waals surface area contributed by atoms with Crippen molar-refractivity contribution < 1.29 is 0 Å². The van der Waals surface area contributed by atoms with E-state index in [1.165, 1.54) is 0 Å². The predicted molar refractivity (Wildman–Crippen MR) is 257 cm³/mol. The molecule has 0 atom stereocenters. The van der Waals surface area contributed by atoms with Crippen molar-refractivity contribution in [3.8, 4) is 79.3 Å². The predicted octanol–water partition coefficient (Wildman–Crippen LogP) is 14.0. The summed E-state index contributed by atoms with van der Waals surface area (Å²) in [5.74, 6) is 3.41. The summed E-state index contributed by atoms with van der Waals surface area (Å²) in [6, 6.07) is 75.7. The molecule has 3 heterocycles. The number of aromatic nitrogens is 6. The number of nitrogens with zero attached hydrogens (tertiary/aromatic N) is 6. The lowest BCUT2D eigenvalue weighted by Crippen LogP contribution is -2.03. The average Bonchev–Trinajstić information content (AvgIpc) is 3.70. The molecule has 6 nitrogen and oxygen atoms in total. The number of hydrogen-bond donors (Lipinski definition) is 0. The maximum absolute atomic E-state index is 5.29. The van der Waals surface area contributed by atoms with Crippen LogP contribution in [0.25, 0.3) is 117 Å². The van der Waals surface area contributed by atoms with Crippen LogP contribution in [0.4, 0.5) is 0 Å². The molecule has 3 aromatic heterocycles. The lowest BCUT2D eigenvalue weighted by molar-refractivity contribution is 1.05. The van der Waals surface area contributed by atoms with E-state index < -0.39 is 0 Å². The minimum atomic E-state index is 0.619. The van der Waals surface area contributed by atoms with Crippen LogP contribution in [0.5, 0.6) is 0 Å². The van der Waals surface area contributed by atoms with Gasteiger partial charge < -0.3 is 0 Å². The molecule has 0 spiro atoms. The summed E-state index contributed by atoms with van der Waals surface area (Å²) in [4.78, 5) is 25.9. The van der Waals surface area contributed by atoms with Gasteiger partial charge in [0.25, 0.3) is 0 Å². The van der Waals surface area contributed by atoms with Gasteiger partial charge in [-0.3, -0.25) is 4.40 Å². The van der Waals surface area contributed by atoms with Crippen molar-refractivity contribution in [2.24, 2.45) is 0 Å². The quantitative estimate of drug-likeness (QED) is 0.160. The van der Waals surface area contributed by atoms with Gasteiger partial charge in [0.2, 0.25) is 0 Å². The Labute approximate surface area is 363 Å². The van der Waals surface area contributed by atoms with E-state index in [1.807, 2.05) is 18.2 Å². The van der Waals surface area contributed by atoms with Crippen molar-refractivity contribution in [3.63, 3.8) is 0 Å². The molecule has 6 heteroatoms. The molecule has 0 unspecified atom stereocenters. The number of fused-ring (bicyclic) bond motifs is 5. The minimum absolute atomic E-state index is 0.619. The molecule has 12 rings (SSSR count). The van der Waals surface area contributed by atoms with Gasteiger partial charge in [-0.2, -0.15) is 0 Å². The highest BCUT2D eigenvalue weighted by atomic mass is 15.1. The molecule has 63 heavy (non-hydrogen) atoms. The third-order valence-corrected chi connectivity index (χ3v) is 11.9. The van der Waals surface area contributed by atoms with E-state index in [4.69, 9.17) is 24.9 Å². The van der Waals surface area contributed by atoms with E-state index in [9.17, 15) is 0 Å². The molecule has 294 valence electrons. The van der Waals surface area contributed by atoms with Crippen molar-refractivity contribution in [3.05, 3.63) is 218 Å². The first-order valence-electron chi connectivity index (χ1n) is 21.1. The smallest absolute Gasteiger partial charge is 0.164 e. The molecule has 0 saturated heterocycles. The topological polar surface area (TPSA) is 68.9 Å². The van der Waals surface area contributed by atoms with Crippen LogP contribution in [-0.4, -0.2) is 29.3 Å². The Morgan fingerprint density at radius 2 is 0.667 bits per heavy atom. The van der Waals surface area contributed by atoms with Crippen molar-refractivity contribution >= 4 is 38.0 Å². The molecule has 0 saturated carbocycles. The number of benzene rings is 9. The largest absolute Gasteiger partial charge is 0.277 e. The standard InChI is InChI=1S/C57H36N6/c1-3-17-41(18-4-1)51-47-25-11-12-26-50(47)57-62-53(42-19-5-2-6-20-42)61-56(63(51)57)44-35-31-38(32-36-44)37-29-33-43(34-30-37)52-58-54(48-27-13-21-39-15-7-9-23-45(39)48)60-55(59-52)49-28-14-22-40-16-8-10-24-46(40)49/h1-36H. The van der Waals surface area contributed by atoms with Gasteiger partial charge in [0, 0.05) is 38.6 Å². The van der Waals surface area contributed by atoms with E-state index in [0.29, 0.717) is 23.3 Å². The SMILES string of the molecule is c1ccc(-c2nc(-c3ccc(-c4ccc(-c5nc(-c6cccc7ccccc67)nc(-c6cccc7ccccc67)n5)cc4)cc3)n3c(-c4ccccc4)c4ccccc4c3n2)cc1. The summed E-state index contributed by atoms with van der Waals surface area (Å²) >= 11 is 0. The number of hydrogen-bond acceptors (Lipinski definition) is 5. The molecule has 12 aromatic rings. The second-order valence-corrected chi connectivity index (χ2v) is 15.7. The summed E-state index contributed by atoms with van der Waals surface area (Å²) in [6.45, 7) is 0. The van der Waals surface area contributed by atoms with Gasteiger partial charge in [-0.25, -0.2) is 24.9 Å². The normalized spacial score (nSPS) is 11.5. The lowest BCUT2D eigenvalue weighted by Gasteiger charge is -2.13. The van der Waals surface area contributed by atoms with Crippen molar-refractivity contribution in [1.29, 1.82) is 0 Å². The van der Waals surface area contributed by atoms with Gasteiger partial charge in [0.15, 0.2) is 23.3 Å². The monoisotopic (exact) mass is 804 g/mol. The zero-order chi connectivity index (χ0) is 41.7. The fourth-order valence-corrected chi connectivity index (χ4v) is 8.82. The van der Waals surface area contributed by atoms with Gasteiger partial charge in [0.1, 0.15) is 11.5 Å². The third kappa shape index (κ3) is 6.40. The van der Waals surface area contributed by atoms with Crippen molar-refractivity contribution in [1.82, 2.24) is 29.3 Å². The van der Waals surface area contributed by atoms with Crippen LogP contribution in [-0.2, 0) is 0 Å². The maximum atomic E-state index is 5.29. The van der Waals surface area contributed by atoms with Crippen molar-refractivity contribution in [2.75, 3.05) is 0 Å². The Kier molecular flexibility index (Phi) is 8.71. The fourth-order valence-electron chi connectivity index (χ4n) is 8.82. The second-order valence-electron chi connectivity index (χ2n) is 15.7. The fraction of sp³-hybridized carbons (Fsp3) is 0. The lowest BCUT2D eigenvalue weighted by atomic mass is 10.0.